The highest BCUT2D eigenvalue weighted by molar-refractivity contribution is 5.76. The van der Waals surface area contributed by atoms with Crippen LogP contribution in [0.25, 0.3) is 0 Å². The topological polar surface area (TPSA) is 89.8 Å². The maximum atomic E-state index is 10.6. The molecule has 1 aliphatic carbocycles. The molecule has 1 unspecified atom stereocenters. The summed E-state index contributed by atoms with van der Waals surface area (Å²) < 4.78 is 0. The second-order valence-corrected chi connectivity index (χ2v) is 4.97. The van der Waals surface area contributed by atoms with Crippen molar-refractivity contribution in [1.29, 1.82) is 0 Å². The Bertz CT molecular complexity index is 246. The largest absolute Gasteiger partial charge is 0.479 e. The zero-order valence-corrected chi connectivity index (χ0v) is 9.70. The van der Waals surface area contributed by atoms with E-state index in [4.69, 9.17) is 5.11 Å². The Balaban J connectivity index is 2.31. The molecule has 4 N–H and O–H groups in total. The lowest BCUT2D eigenvalue weighted by molar-refractivity contribution is -0.156. The molecule has 1 saturated carbocycles. The summed E-state index contributed by atoms with van der Waals surface area (Å²) in [5, 5.41) is 31.1. The standard InChI is InChI=1S/C11H21NO4/c1-10(15,9(13)14)7-12-8-11(16)5-3-2-4-6-11/h12,15-16H,2-8H2,1H3,(H,13,14). The lowest BCUT2D eigenvalue weighted by Gasteiger charge is -2.33. The lowest BCUT2D eigenvalue weighted by atomic mass is 9.85. The quantitative estimate of drug-likeness (QED) is 0.539. The van der Waals surface area contributed by atoms with E-state index in [0.29, 0.717) is 6.54 Å². The van der Waals surface area contributed by atoms with E-state index in [9.17, 15) is 15.0 Å². The van der Waals surface area contributed by atoms with Gasteiger partial charge in [0.05, 0.1) is 5.60 Å². The van der Waals surface area contributed by atoms with Crippen molar-refractivity contribution >= 4 is 5.97 Å². The summed E-state index contributed by atoms with van der Waals surface area (Å²) in [5.41, 5.74) is -2.50. The predicted molar refractivity (Wildman–Crippen MR) is 59.2 cm³/mol. The molecule has 0 aromatic carbocycles. The summed E-state index contributed by atoms with van der Waals surface area (Å²) in [5.74, 6) is -1.25. The third kappa shape index (κ3) is 3.73. The van der Waals surface area contributed by atoms with E-state index in [1.54, 1.807) is 0 Å². The van der Waals surface area contributed by atoms with Gasteiger partial charge in [-0.3, -0.25) is 0 Å². The average molecular weight is 231 g/mol. The number of aliphatic hydroxyl groups is 2. The Morgan fingerprint density at radius 3 is 2.44 bits per heavy atom. The number of carboxylic acids is 1. The average Bonchev–Trinajstić information content (AvgIpc) is 2.17. The summed E-state index contributed by atoms with van der Waals surface area (Å²) >= 11 is 0. The number of carbonyl (C=O) groups is 1. The molecule has 0 aromatic heterocycles. The first-order valence-electron chi connectivity index (χ1n) is 5.75. The molecular weight excluding hydrogens is 210 g/mol. The summed E-state index contributed by atoms with van der Waals surface area (Å²) in [6.45, 7) is 1.54. The van der Waals surface area contributed by atoms with E-state index in [0.717, 1.165) is 32.1 Å². The fourth-order valence-corrected chi connectivity index (χ4v) is 2.00. The number of rotatable bonds is 5. The Kier molecular flexibility index (Phi) is 4.29. The predicted octanol–water partition coefficient (Wildman–Crippen LogP) is 0.107. The van der Waals surface area contributed by atoms with Gasteiger partial charge in [-0.25, -0.2) is 4.79 Å². The Labute approximate surface area is 95.5 Å². The van der Waals surface area contributed by atoms with Gasteiger partial charge in [-0.1, -0.05) is 19.3 Å². The highest BCUT2D eigenvalue weighted by Gasteiger charge is 2.32. The van der Waals surface area contributed by atoms with Gasteiger partial charge in [-0.05, 0) is 19.8 Å². The molecule has 0 aromatic rings. The van der Waals surface area contributed by atoms with Crippen LogP contribution in [-0.4, -0.2) is 45.6 Å². The van der Waals surface area contributed by atoms with E-state index < -0.39 is 17.2 Å². The fraction of sp³-hybridized carbons (Fsp3) is 0.909. The van der Waals surface area contributed by atoms with Crippen LogP contribution in [0.4, 0.5) is 0 Å². The molecule has 0 saturated heterocycles. The van der Waals surface area contributed by atoms with E-state index in [-0.39, 0.29) is 6.54 Å². The van der Waals surface area contributed by atoms with Gasteiger partial charge >= 0.3 is 5.97 Å². The Morgan fingerprint density at radius 1 is 1.38 bits per heavy atom. The molecule has 0 bridgehead atoms. The first-order chi connectivity index (χ1) is 7.36. The second kappa shape index (κ2) is 5.12. The minimum absolute atomic E-state index is 0.0509. The van der Waals surface area contributed by atoms with Gasteiger partial charge < -0.3 is 20.6 Å². The van der Waals surface area contributed by atoms with Crippen LogP contribution in [0.3, 0.4) is 0 Å². The molecule has 1 fully saturated rings. The first kappa shape index (κ1) is 13.4. The van der Waals surface area contributed by atoms with Gasteiger partial charge in [0, 0.05) is 13.1 Å². The molecule has 1 rings (SSSR count). The number of carboxylic acid groups (broad SMARTS) is 1. The monoisotopic (exact) mass is 231 g/mol. The number of hydrogen-bond donors (Lipinski definition) is 4. The SMILES string of the molecule is CC(O)(CNCC1(O)CCCCC1)C(=O)O. The Hall–Kier alpha value is -0.650. The third-order valence-electron chi connectivity index (χ3n) is 3.17. The van der Waals surface area contributed by atoms with E-state index >= 15 is 0 Å². The van der Waals surface area contributed by atoms with Crippen LogP contribution < -0.4 is 5.32 Å². The van der Waals surface area contributed by atoms with E-state index in [1.165, 1.54) is 6.92 Å². The molecule has 94 valence electrons. The number of hydrogen-bond acceptors (Lipinski definition) is 4. The van der Waals surface area contributed by atoms with E-state index in [2.05, 4.69) is 5.32 Å². The van der Waals surface area contributed by atoms with Gasteiger partial charge in [0.2, 0.25) is 0 Å². The number of nitrogens with one attached hydrogen (secondary N) is 1. The molecule has 1 atom stereocenters. The van der Waals surface area contributed by atoms with Crippen LogP contribution in [0, 0.1) is 0 Å². The van der Waals surface area contributed by atoms with Crippen LogP contribution in [0.5, 0.6) is 0 Å². The first-order valence-corrected chi connectivity index (χ1v) is 5.75. The summed E-state index contributed by atoms with van der Waals surface area (Å²) in [7, 11) is 0. The summed E-state index contributed by atoms with van der Waals surface area (Å²) in [4.78, 5) is 10.6. The molecular formula is C11H21NO4. The molecule has 5 nitrogen and oxygen atoms in total. The maximum Gasteiger partial charge on any atom is 0.336 e. The molecule has 0 radical (unpaired) electrons. The molecule has 0 amide bonds. The van der Waals surface area contributed by atoms with Crippen molar-refractivity contribution in [2.75, 3.05) is 13.1 Å². The fourth-order valence-electron chi connectivity index (χ4n) is 2.00. The number of aliphatic carboxylic acids is 1. The summed E-state index contributed by atoms with van der Waals surface area (Å²) in [6, 6.07) is 0. The molecule has 0 spiro atoms. The molecule has 16 heavy (non-hydrogen) atoms. The highest BCUT2D eigenvalue weighted by Crippen LogP contribution is 2.27. The third-order valence-corrected chi connectivity index (χ3v) is 3.17. The molecule has 1 aliphatic rings. The van der Waals surface area contributed by atoms with Crippen LogP contribution in [0.2, 0.25) is 0 Å². The zero-order chi connectivity index (χ0) is 12.2. The smallest absolute Gasteiger partial charge is 0.336 e. The van der Waals surface area contributed by atoms with Crippen LogP contribution in [0.1, 0.15) is 39.0 Å². The minimum atomic E-state index is -1.77. The second-order valence-electron chi connectivity index (χ2n) is 4.97. The van der Waals surface area contributed by atoms with Crippen molar-refractivity contribution in [2.24, 2.45) is 0 Å². The van der Waals surface area contributed by atoms with Crippen molar-refractivity contribution in [1.82, 2.24) is 5.32 Å². The molecule has 5 heteroatoms. The van der Waals surface area contributed by atoms with Crippen molar-refractivity contribution in [3.05, 3.63) is 0 Å². The van der Waals surface area contributed by atoms with Gasteiger partial charge in [0.25, 0.3) is 0 Å². The van der Waals surface area contributed by atoms with Crippen molar-refractivity contribution in [3.63, 3.8) is 0 Å². The van der Waals surface area contributed by atoms with Gasteiger partial charge in [0.1, 0.15) is 0 Å². The van der Waals surface area contributed by atoms with Crippen molar-refractivity contribution in [2.45, 2.75) is 50.2 Å². The van der Waals surface area contributed by atoms with Crippen molar-refractivity contribution in [3.8, 4) is 0 Å². The van der Waals surface area contributed by atoms with Crippen LogP contribution >= 0.6 is 0 Å². The van der Waals surface area contributed by atoms with E-state index in [1.807, 2.05) is 0 Å². The highest BCUT2D eigenvalue weighted by atomic mass is 16.4. The summed E-state index contributed by atoms with van der Waals surface area (Å²) in [6.07, 6.45) is 4.65. The molecule has 0 heterocycles. The Morgan fingerprint density at radius 2 is 1.94 bits per heavy atom. The van der Waals surface area contributed by atoms with Crippen molar-refractivity contribution < 1.29 is 20.1 Å². The van der Waals surface area contributed by atoms with Gasteiger partial charge in [-0.15, -0.1) is 0 Å². The lowest BCUT2D eigenvalue weighted by Crippen LogP contribution is -2.50. The molecule has 0 aliphatic heterocycles. The zero-order valence-electron chi connectivity index (χ0n) is 9.70. The normalized spacial score (nSPS) is 23.7. The maximum absolute atomic E-state index is 10.6. The van der Waals surface area contributed by atoms with Crippen LogP contribution in [-0.2, 0) is 4.79 Å². The van der Waals surface area contributed by atoms with Crippen LogP contribution in [0.15, 0.2) is 0 Å². The van der Waals surface area contributed by atoms with Gasteiger partial charge in [0.15, 0.2) is 5.60 Å². The van der Waals surface area contributed by atoms with Gasteiger partial charge in [-0.2, -0.15) is 0 Å². The minimum Gasteiger partial charge on any atom is -0.479 e.